The lowest BCUT2D eigenvalue weighted by Crippen LogP contribution is -3.14. The van der Waals surface area contributed by atoms with Crippen molar-refractivity contribution in [1.29, 1.82) is 0 Å². The van der Waals surface area contributed by atoms with Crippen LogP contribution in [0.1, 0.15) is 44.9 Å². The van der Waals surface area contributed by atoms with Crippen LogP contribution in [0.3, 0.4) is 0 Å². The molecule has 0 spiro atoms. The number of nitrogens with one attached hydrogen (secondary N) is 3. The molecule has 0 saturated heterocycles. The zero-order valence-corrected chi connectivity index (χ0v) is 14.6. The van der Waals surface area contributed by atoms with Crippen molar-refractivity contribution in [1.82, 2.24) is 0 Å². The van der Waals surface area contributed by atoms with E-state index in [2.05, 4.69) is 28.2 Å². The van der Waals surface area contributed by atoms with Crippen LogP contribution < -0.4 is 14.7 Å². The fraction of sp³-hybridized carbons (Fsp3) is 1.00. The molecule has 0 aromatic carbocycles. The van der Waals surface area contributed by atoms with Gasteiger partial charge in [0.15, 0.2) is 0 Å². The molecule has 0 amide bonds. The lowest BCUT2D eigenvalue weighted by molar-refractivity contribution is -0.917. The van der Waals surface area contributed by atoms with Crippen LogP contribution in [0.25, 0.3) is 0 Å². The highest BCUT2D eigenvalue weighted by Gasteiger charge is 2.20. The Morgan fingerprint density at radius 3 is 1.65 bits per heavy atom. The molecule has 0 atom stereocenters. The molecule has 20 heavy (non-hydrogen) atoms. The van der Waals surface area contributed by atoms with Crippen molar-refractivity contribution in [3.63, 3.8) is 0 Å². The van der Waals surface area contributed by atoms with Crippen LogP contribution in [0, 0.1) is 5.92 Å². The van der Waals surface area contributed by atoms with Crippen molar-refractivity contribution in [3.05, 3.63) is 0 Å². The number of quaternary nitrogens is 3. The van der Waals surface area contributed by atoms with Gasteiger partial charge in [-0.05, 0) is 12.8 Å². The molecule has 0 radical (unpaired) electrons. The summed E-state index contributed by atoms with van der Waals surface area (Å²) in [7, 11) is 9.10. The van der Waals surface area contributed by atoms with Crippen LogP contribution in [0.2, 0.25) is 0 Å². The van der Waals surface area contributed by atoms with Crippen LogP contribution in [-0.2, 0) is 0 Å². The van der Waals surface area contributed by atoms with Gasteiger partial charge in [-0.25, -0.2) is 0 Å². The minimum Gasteiger partial charge on any atom is -0.340 e. The highest BCUT2D eigenvalue weighted by Crippen LogP contribution is 2.22. The smallest absolute Gasteiger partial charge is 0.0825 e. The summed E-state index contributed by atoms with van der Waals surface area (Å²) in [5, 5.41) is 0. The summed E-state index contributed by atoms with van der Waals surface area (Å²) in [4.78, 5) is 5.08. The summed E-state index contributed by atoms with van der Waals surface area (Å²) in [5.41, 5.74) is 0. The van der Waals surface area contributed by atoms with E-state index >= 15 is 0 Å². The van der Waals surface area contributed by atoms with Gasteiger partial charge >= 0.3 is 0 Å². The molecule has 3 nitrogen and oxygen atoms in total. The van der Waals surface area contributed by atoms with Crippen LogP contribution in [0.4, 0.5) is 0 Å². The lowest BCUT2D eigenvalue weighted by Gasteiger charge is -2.27. The molecule has 120 valence electrons. The van der Waals surface area contributed by atoms with Crippen molar-refractivity contribution < 1.29 is 14.7 Å². The van der Waals surface area contributed by atoms with Crippen LogP contribution in [0.5, 0.6) is 0 Å². The highest BCUT2D eigenvalue weighted by atomic mass is 15.1. The maximum absolute atomic E-state index is 2.27. The van der Waals surface area contributed by atoms with Crippen molar-refractivity contribution in [2.75, 3.05) is 60.9 Å². The van der Waals surface area contributed by atoms with E-state index in [0.717, 1.165) is 5.92 Å². The largest absolute Gasteiger partial charge is 0.340 e. The van der Waals surface area contributed by atoms with Crippen molar-refractivity contribution in [3.8, 4) is 0 Å². The van der Waals surface area contributed by atoms with E-state index in [0.29, 0.717) is 0 Å². The summed E-state index contributed by atoms with van der Waals surface area (Å²) < 4.78 is 0. The summed E-state index contributed by atoms with van der Waals surface area (Å²) in [6, 6.07) is 0. The van der Waals surface area contributed by atoms with Gasteiger partial charge in [-0.15, -0.1) is 0 Å². The van der Waals surface area contributed by atoms with Crippen LogP contribution in [-0.4, -0.2) is 60.9 Å². The van der Waals surface area contributed by atoms with Gasteiger partial charge in [0.1, 0.15) is 0 Å². The molecule has 0 aromatic heterocycles. The Labute approximate surface area is 127 Å². The standard InChI is InChI=1S/C17H37N3/c1-18(2)12-8-14-20(15-9-13-19(3)4)16-17-10-6-5-7-11-17/h17H,5-16H2,1-4H3/p+3. The van der Waals surface area contributed by atoms with Crippen LogP contribution >= 0.6 is 0 Å². The maximum atomic E-state index is 2.27. The number of hydrogen-bond acceptors (Lipinski definition) is 0. The molecular formula is C17H40N3+3. The predicted molar refractivity (Wildman–Crippen MR) is 86.7 cm³/mol. The molecule has 1 aliphatic carbocycles. The fourth-order valence-corrected chi connectivity index (χ4v) is 3.51. The Kier molecular flexibility index (Phi) is 9.49. The summed E-state index contributed by atoms with van der Waals surface area (Å²) >= 11 is 0. The molecule has 3 N–H and O–H groups in total. The van der Waals surface area contributed by atoms with Gasteiger partial charge < -0.3 is 14.7 Å². The SMILES string of the molecule is C[NH+](C)CCC[NH+](CCC[NH+](C)C)CC1CCCCC1. The summed E-state index contributed by atoms with van der Waals surface area (Å²) in [6.45, 7) is 6.89. The fourth-order valence-electron chi connectivity index (χ4n) is 3.51. The first-order valence-electron chi connectivity index (χ1n) is 8.99. The Bertz CT molecular complexity index is 208. The van der Waals surface area contributed by atoms with Gasteiger partial charge in [-0.1, -0.05) is 19.3 Å². The molecule has 0 aromatic rings. The maximum Gasteiger partial charge on any atom is 0.0825 e. The first kappa shape index (κ1) is 17.9. The van der Waals surface area contributed by atoms with E-state index in [1.807, 2.05) is 4.90 Å². The summed E-state index contributed by atoms with van der Waals surface area (Å²) in [5.74, 6) is 1.03. The van der Waals surface area contributed by atoms with E-state index in [1.54, 1.807) is 9.80 Å². The first-order chi connectivity index (χ1) is 9.58. The average Bonchev–Trinajstić information content (AvgIpc) is 2.38. The number of hydrogen-bond donors (Lipinski definition) is 3. The van der Waals surface area contributed by atoms with E-state index in [4.69, 9.17) is 0 Å². The van der Waals surface area contributed by atoms with E-state index in [1.165, 1.54) is 77.7 Å². The van der Waals surface area contributed by atoms with E-state index < -0.39 is 0 Å². The molecule has 0 bridgehead atoms. The monoisotopic (exact) mass is 286 g/mol. The Hall–Kier alpha value is -0.120. The van der Waals surface area contributed by atoms with Crippen molar-refractivity contribution in [2.24, 2.45) is 5.92 Å². The zero-order valence-electron chi connectivity index (χ0n) is 14.6. The van der Waals surface area contributed by atoms with Gasteiger partial charge in [0, 0.05) is 18.8 Å². The number of rotatable bonds is 10. The predicted octanol–water partition coefficient (Wildman–Crippen LogP) is -1.48. The Morgan fingerprint density at radius 1 is 0.700 bits per heavy atom. The van der Waals surface area contributed by atoms with Gasteiger partial charge in [0.25, 0.3) is 0 Å². The third-order valence-electron chi connectivity index (χ3n) is 4.72. The minimum absolute atomic E-state index is 1.03. The van der Waals surface area contributed by atoms with Gasteiger partial charge in [-0.3, -0.25) is 0 Å². The molecule has 3 heteroatoms. The summed E-state index contributed by atoms with van der Waals surface area (Å²) in [6.07, 6.45) is 10.2. The minimum atomic E-state index is 1.03. The normalized spacial score (nSPS) is 17.6. The quantitative estimate of drug-likeness (QED) is 0.434. The molecule has 0 unspecified atom stereocenters. The molecule has 0 aliphatic heterocycles. The highest BCUT2D eigenvalue weighted by molar-refractivity contribution is 4.64. The van der Waals surface area contributed by atoms with E-state index in [-0.39, 0.29) is 0 Å². The zero-order chi connectivity index (χ0) is 14.8. The molecule has 1 fully saturated rings. The lowest BCUT2D eigenvalue weighted by atomic mass is 9.89. The second kappa shape index (κ2) is 10.6. The van der Waals surface area contributed by atoms with Gasteiger partial charge in [0.05, 0.1) is 60.9 Å². The van der Waals surface area contributed by atoms with Gasteiger partial charge in [-0.2, -0.15) is 0 Å². The molecule has 1 aliphatic rings. The third kappa shape index (κ3) is 8.93. The third-order valence-corrected chi connectivity index (χ3v) is 4.72. The van der Waals surface area contributed by atoms with E-state index in [9.17, 15) is 0 Å². The van der Waals surface area contributed by atoms with Crippen LogP contribution in [0.15, 0.2) is 0 Å². The van der Waals surface area contributed by atoms with Gasteiger partial charge in [0.2, 0.25) is 0 Å². The van der Waals surface area contributed by atoms with Crippen molar-refractivity contribution >= 4 is 0 Å². The molecular weight excluding hydrogens is 246 g/mol. The second-order valence-electron chi connectivity index (χ2n) is 7.58. The molecule has 1 saturated carbocycles. The average molecular weight is 287 g/mol. The molecule has 0 heterocycles. The molecule has 1 rings (SSSR count). The Balaban J connectivity index is 2.28. The Morgan fingerprint density at radius 2 is 1.20 bits per heavy atom. The first-order valence-corrected chi connectivity index (χ1v) is 8.99. The second-order valence-corrected chi connectivity index (χ2v) is 7.58. The topological polar surface area (TPSA) is 13.3 Å². The van der Waals surface area contributed by atoms with Crippen molar-refractivity contribution in [2.45, 2.75) is 44.9 Å².